The van der Waals surface area contributed by atoms with Crippen LogP contribution in [0.2, 0.25) is 0 Å². The van der Waals surface area contributed by atoms with Crippen LogP contribution in [-0.2, 0) is 11.2 Å². The van der Waals surface area contributed by atoms with Crippen LogP contribution < -0.4 is 0 Å². The number of nitrogens with zero attached hydrogens (tertiary/aromatic N) is 1. The first kappa shape index (κ1) is 13.5. The predicted molar refractivity (Wildman–Crippen MR) is 86.2 cm³/mol. The molecule has 0 saturated carbocycles. The van der Waals surface area contributed by atoms with Crippen LogP contribution >= 0.6 is 12.6 Å². The average molecular weight is 285 g/mol. The molecule has 0 aliphatic carbocycles. The second-order valence-electron chi connectivity index (χ2n) is 5.52. The summed E-state index contributed by atoms with van der Waals surface area (Å²) in [5, 5.41) is 2.54. The number of hydrogen-bond donors (Lipinski definition) is 1. The van der Waals surface area contributed by atoms with Crippen molar-refractivity contribution >= 4 is 29.3 Å². The van der Waals surface area contributed by atoms with Crippen LogP contribution in [0.25, 0.3) is 10.8 Å². The normalized spacial score (nSPS) is 18.9. The number of benzene rings is 2. The molecule has 1 amide bonds. The van der Waals surface area contributed by atoms with Crippen LogP contribution in [0.15, 0.2) is 42.5 Å². The number of thiol groups is 1. The molecule has 0 N–H and O–H groups in total. The minimum atomic E-state index is 0.282. The molecular formula is C17H19NOS. The molecule has 2 nitrogen and oxygen atoms in total. The van der Waals surface area contributed by atoms with Crippen LogP contribution in [-0.4, -0.2) is 29.6 Å². The van der Waals surface area contributed by atoms with Gasteiger partial charge in [-0.15, -0.1) is 0 Å². The standard InChI is InChI=1S/C17H19NOS/c19-17-10-14(12-20)11-18(17)8-7-13-5-6-15-3-1-2-4-16(15)9-13/h1-6,9,14,20H,7-8,10-12H2. The van der Waals surface area contributed by atoms with Crippen molar-refractivity contribution in [3.8, 4) is 0 Å². The van der Waals surface area contributed by atoms with Crippen molar-refractivity contribution in [2.75, 3.05) is 18.8 Å². The second kappa shape index (κ2) is 5.88. The van der Waals surface area contributed by atoms with Crippen molar-refractivity contribution < 1.29 is 4.79 Å². The molecule has 20 heavy (non-hydrogen) atoms. The first-order valence-corrected chi connectivity index (χ1v) is 7.76. The van der Waals surface area contributed by atoms with Gasteiger partial charge in [-0.1, -0.05) is 42.5 Å². The Bertz CT molecular complexity index is 625. The van der Waals surface area contributed by atoms with Crippen molar-refractivity contribution in [3.63, 3.8) is 0 Å². The summed E-state index contributed by atoms with van der Waals surface area (Å²) in [5.41, 5.74) is 1.30. The van der Waals surface area contributed by atoms with E-state index in [1.807, 2.05) is 4.90 Å². The fourth-order valence-electron chi connectivity index (χ4n) is 2.85. The molecule has 0 bridgehead atoms. The van der Waals surface area contributed by atoms with Crippen molar-refractivity contribution in [1.82, 2.24) is 4.90 Å². The molecule has 1 heterocycles. The van der Waals surface area contributed by atoms with E-state index >= 15 is 0 Å². The van der Waals surface area contributed by atoms with Crippen LogP contribution in [0.1, 0.15) is 12.0 Å². The monoisotopic (exact) mass is 285 g/mol. The van der Waals surface area contributed by atoms with Gasteiger partial charge in [0, 0.05) is 19.5 Å². The van der Waals surface area contributed by atoms with Crippen molar-refractivity contribution in [2.45, 2.75) is 12.8 Å². The fourth-order valence-corrected chi connectivity index (χ4v) is 3.10. The number of fused-ring (bicyclic) bond motifs is 1. The van der Waals surface area contributed by atoms with E-state index in [1.54, 1.807) is 0 Å². The molecule has 104 valence electrons. The maximum absolute atomic E-state index is 11.9. The average Bonchev–Trinajstić information content (AvgIpc) is 2.85. The number of likely N-dealkylation sites (tertiary alicyclic amines) is 1. The third-order valence-corrected chi connectivity index (χ3v) is 4.55. The summed E-state index contributed by atoms with van der Waals surface area (Å²) in [6, 6.07) is 14.9. The van der Waals surface area contributed by atoms with Gasteiger partial charge >= 0.3 is 0 Å². The van der Waals surface area contributed by atoms with Gasteiger partial charge in [0.2, 0.25) is 5.91 Å². The topological polar surface area (TPSA) is 20.3 Å². The van der Waals surface area contributed by atoms with Gasteiger partial charge in [-0.2, -0.15) is 12.6 Å². The minimum Gasteiger partial charge on any atom is -0.342 e. The molecule has 1 aliphatic rings. The summed E-state index contributed by atoms with van der Waals surface area (Å²) >= 11 is 4.30. The summed E-state index contributed by atoms with van der Waals surface area (Å²) in [6.07, 6.45) is 1.59. The smallest absolute Gasteiger partial charge is 0.222 e. The van der Waals surface area contributed by atoms with E-state index in [4.69, 9.17) is 0 Å². The number of hydrogen-bond acceptors (Lipinski definition) is 2. The van der Waals surface area contributed by atoms with E-state index in [9.17, 15) is 4.79 Å². The van der Waals surface area contributed by atoms with Crippen LogP contribution in [0.4, 0.5) is 0 Å². The Kier molecular flexibility index (Phi) is 3.97. The van der Waals surface area contributed by atoms with E-state index in [1.165, 1.54) is 16.3 Å². The van der Waals surface area contributed by atoms with Crippen LogP contribution in [0.3, 0.4) is 0 Å². The molecule has 1 unspecified atom stereocenters. The van der Waals surface area contributed by atoms with Crippen molar-refractivity contribution in [3.05, 3.63) is 48.0 Å². The third-order valence-electron chi connectivity index (χ3n) is 4.04. The summed E-state index contributed by atoms with van der Waals surface area (Å²) < 4.78 is 0. The maximum Gasteiger partial charge on any atom is 0.222 e. The van der Waals surface area contributed by atoms with Gasteiger partial charge in [-0.05, 0) is 34.4 Å². The van der Waals surface area contributed by atoms with Gasteiger partial charge in [0.05, 0.1) is 0 Å². The molecule has 0 aromatic heterocycles. The van der Waals surface area contributed by atoms with Gasteiger partial charge in [0.1, 0.15) is 0 Å². The number of carbonyl (C=O) groups is 1. The van der Waals surface area contributed by atoms with Gasteiger partial charge in [0.25, 0.3) is 0 Å². The Labute approximate surface area is 125 Å². The summed E-state index contributed by atoms with van der Waals surface area (Å²) in [4.78, 5) is 13.9. The molecule has 3 rings (SSSR count). The van der Waals surface area contributed by atoms with Crippen molar-refractivity contribution in [2.24, 2.45) is 5.92 Å². The SMILES string of the molecule is O=C1CC(CS)CN1CCc1ccc2ccccc2c1. The van der Waals surface area contributed by atoms with Crippen LogP contribution in [0.5, 0.6) is 0 Å². The summed E-state index contributed by atoms with van der Waals surface area (Å²) in [5.74, 6) is 1.52. The minimum absolute atomic E-state index is 0.282. The fraction of sp³-hybridized carbons (Fsp3) is 0.353. The quantitative estimate of drug-likeness (QED) is 0.856. The number of amides is 1. The van der Waals surface area contributed by atoms with Gasteiger partial charge in [0.15, 0.2) is 0 Å². The zero-order chi connectivity index (χ0) is 13.9. The lowest BCUT2D eigenvalue weighted by Gasteiger charge is -2.16. The van der Waals surface area contributed by atoms with E-state index in [0.29, 0.717) is 12.3 Å². The highest BCUT2D eigenvalue weighted by atomic mass is 32.1. The first-order chi connectivity index (χ1) is 9.76. The van der Waals surface area contributed by atoms with E-state index in [0.717, 1.165) is 25.3 Å². The predicted octanol–water partition coefficient (Wildman–Crippen LogP) is 3.16. The lowest BCUT2D eigenvalue weighted by Crippen LogP contribution is -2.27. The molecule has 0 radical (unpaired) electrons. The Morgan fingerprint density at radius 2 is 1.95 bits per heavy atom. The summed E-state index contributed by atoms with van der Waals surface area (Å²) in [7, 11) is 0. The third kappa shape index (κ3) is 2.83. The lowest BCUT2D eigenvalue weighted by atomic mass is 10.1. The van der Waals surface area contributed by atoms with E-state index in [-0.39, 0.29) is 5.91 Å². The maximum atomic E-state index is 11.9. The highest BCUT2D eigenvalue weighted by molar-refractivity contribution is 7.80. The Morgan fingerprint density at radius 3 is 2.70 bits per heavy atom. The zero-order valence-electron chi connectivity index (χ0n) is 11.5. The number of carbonyl (C=O) groups excluding carboxylic acids is 1. The summed E-state index contributed by atoms with van der Waals surface area (Å²) in [6.45, 7) is 1.69. The molecule has 1 saturated heterocycles. The zero-order valence-corrected chi connectivity index (χ0v) is 12.4. The van der Waals surface area contributed by atoms with Gasteiger partial charge in [-0.25, -0.2) is 0 Å². The molecule has 2 aromatic rings. The van der Waals surface area contributed by atoms with Gasteiger partial charge < -0.3 is 4.90 Å². The molecule has 0 spiro atoms. The highest BCUT2D eigenvalue weighted by Gasteiger charge is 2.27. The van der Waals surface area contributed by atoms with E-state index in [2.05, 4.69) is 55.1 Å². The Hall–Kier alpha value is -1.48. The molecular weight excluding hydrogens is 266 g/mol. The molecule has 1 aliphatic heterocycles. The largest absolute Gasteiger partial charge is 0.342 e. The second-order valence-corrected chi connectivity index (χ2v) is 5.89. The highest BCUT2D eigenvalue weighted by Crippen LogP contribution is 2.20. The lowest BCUT2D eigenvalue weighted by molar-refractivity contribution is -0.127. The Morgan fingerprint density at radius 1 is 1.15 bits per heavy atom. The molecule has 1 atom stereocenters. The van der Waals surface area contributed by atoms with Gasteiger partial charge in [-0.3, -0.25) is 4.79 Å². The van der Waals surface area contributed by atoms with E-state index < -0.39 is 0 Å². The van der Waals surface area contributed by atoms with Crippen molar-refractivity contribution in [1.29, 1.82) is 0 Å². The molecule has 2 aromatic carbocycles. The molecule has 1 fully saturated rings. The first-order valence-electron chi connectivity index (χ1n) is 7.12. The molecule has 3 heteroatoms. The van der Waals surface area contributed by atoms with Crippen LogP contribution in [0, 0.1) is 5.92 Å². The number of rotatable bonds is 4. The Balaban J connectivity index is 1.66.